The number of aromatic hydroxyl groups is 1. The monoisotopic (exact) mass is 633 g/mol. The van der Waals surface area contributed by atoms with Gasteiger partial charge in [-0.25, -0.2) is 4.79 Å². The molecule has 0 spiro atoms. The summed E-state index contributed by atoms with van der Waals surface area (Å²) >= 11 is 1.46. The number of phenols is 1. The number of thioether (sulfide) groups is 1. The van der Waals surface area contributed by atoms with Crippen LogP contribution in [0.25, 0.3) is 0 Å². The zero-order valence-electron chi connectivity index (χ0n) is 25.4. The summed E-state index contributed by atoms with van der Waals surface area (Å²) < 4.78 is 0. The summed E-state index contributed by atoms with van der Waals surface area (Å²) in [7, 11) is 2.39. The summed E-state index contributed by atoms with van der Waals surface area (Å²) in [5, 5.41) is 33.6. The summed E-state index contributed by atoms with van der Waals surface area (Å²) in [6.07, 6.45) is 2.38. The normalized spacial score (nSPS) is 13.1. The third kappa shape index (κ3) is 13.0. The Morgan fingerprint density at radius 2 is 1.50 bits per heavy atom. The predicted molar refractivity (Wildman–Crippen MR) is 168 cm³/mol. The molecule has 4 atom stereocenters. The Balaban J connectivity index is 0.00000474. The van der Waals surface area contributed by atoms with Crippen LogP contribution in [0.4, 0.5) is 0 Å². The molecule has 13 nitrogen and oxygen atoms in total. The lowest BCUT2D eigenvalue weighted by Crippen LogP contribution is -2.55. The molecule has 2 aromatic rings. The molecule has 0 unspecified atom stereocenters. The first kappa shape index (κ1) is 37.9. The number of phenolic OH excluding ortho intramolecular Hbond substituents is 1. The Bertz CT molecular complexity index is 1220. The maximum Gasteiger partial charge on any atom is 0.326 e. The maximum atomic E-state index is 13.4. The molecule has 8 N–H and O–H groups in total. The van der Waals surface area contributed by atoms with Gasteiger partial charge in [0, 0.05) is 20.6 Å². The van der Waals surface area contributed by atoms with Crippen molar-refractivity contribution in [1.82, 2.24) is 20.9 Å². The highest BCUT2D eigenvalue weighted by molar-refractivity contribution is 7.98. The van der Waals surface area contributed by atoms with Crippen molar-refractivity contribution in [3.05, 3.63) is 65.7 Å². The highest BCUT2D eigenvalue weighted by Gasteiger charge is 2.32. The molecule has 14 heteroatoms. The first-order valence-corrected chi connectivity index (χ1v) is 15.2. The molecule has 2 aromatic carbocycles. The number of aliphatic carboxylic acids is 1. The molecule has 0 aromatic heterocycles. The van der Waals surface area contributed by atoms with E-state index in [1.54, 1.807) is 36.4 Å². The molecule has 0 saturated carbocycles. The number of aliphatic hydroxyl groups excluding tert-OH is 1. The molecule has 0 heterocycles. The van der Waals surface area contributed by atoms with Crippen molar-refractivity contribution in [2.24, 2.45) is 5.73 Å². The fourth-order valence-corrected chi connectivity index (χ4v) is 4.55. The van der Waals surface area contributed by atoms with Crippen LogP contribution in [0.2, 0.25) is 0 Å². The number of nitrogens with one attached hydrogen (secondary N) is 3. The predicted octanol–water partition coefficient (Wildman–Crippen LogP) is -0.116. The molecule has 0 fully saturated rings. The van der Waals surface area contributed by atoms with E-state index in [1.165, 1.54) is 37.9 Å². The van der Waals surface area contributed by atoms with Crippen LogP contribution in [0.3, 0.4) is 0 Å². The second-order valence-corrected chi connectivity index (χ2v) is 10.8. The summed E-state index contributed by atoms with van der Waals surface area (Å²) in [4.78, 5) is 64.1. The van der Waals surface area contributed by atoms with Gasteiger partial charge < -0.3 is 41.9 Å². The Morgan fingerprint density at radius 3 is 2.07 bits per heavy atom. The number of benzene rings is 2. The van der Waals surface area contributed by atoms with Crippen molar-refractivity contribution < 1.29 is 39.3 Å². The summed E-state index contributed by atoms with van der Waals surface area (Å²) in [6, 6.07) is 11.1. The smallest absolute Gasteiger partial charge is 0.326 e. The summed E-state index contributed by atoms with van der Waals surface area (Å²) in [5.41, 5.74) is 7.44. The highest BCUT2D eigenvalue weighted by atomic mass is 32.2. The van der Waals surface area contributed by atoms with Crippen LogP contribution < -0.4 is 21.7 Å². The molecular weight excluding hydrogens is 590 g/mol. The molecular formula is C30H43N5O8S. The van der Waals surface area contributed by atoms with E-state index in [4.69, 9.17) is 10.8 Å². The Labute approximate surface area is 261 Å². The average molecular weight is 634 g/mol. The van der Waals surface area contributed by atoms with E-state index in [0.29, 0.717) is 5.75 Å². The molecule has 0 aliphatic carbocycles. The minimum atomic E-state index is -1.14. The SMILES string of the molecule is CO.CSCC[C@@H](C(=O)O)N(C)C(=O)[C@H](Cc1ccccc1)NC(=O)CNC(=O)[C@@H](C)NC(=O)[C@@H](N)Cc1ccc(O)cc1. The first-order chi connectivity index (χ1) is 20.9. The number of nitrogens with zero attached hydrogens (tertiary/aromatic N) is 1. The van der Waals surface area contributed by atoms with Gasteiger partial charge in [-0.3, -0.25) is 19.2 Å². The number of carbonyl (C=O) groups is 5. The Morgan fingerprint density at radius 1 is 0.909 bits per heavy atom. The van der Waals surface area contributed by atoms with Crippen LogP contribution in [-0.2, 0) is 36.8 Å². The number of aliphatic hydroxyl groups is 1. The number of carbonyl (C=O) groups excluding carboxylic acids is 4. The first-order valence-electron chi connectivity index (χ1n) is 13.8. The molecule has 0 bridgehead atoms. The third-order valence-electron chi connectivity index (χ3n) is 6.52. The van der Waals surface area contributed by atoms with Crippen LogP contribution in [-0.4, -0.2) is 107 Å². The van der Waals surface area contributed by atoms with Crippen LogP contribution in [0, 0.1) is 0 Å². The number of hydrogen-bond acceptors (Lipinski definition) is 9. The van der Waals surface area contributed by atoms with Gasteiger partial charge >= 0.3 is 5.97 Å². The number of nitrogens with two attached hydrogens (primary N) is 1. The van der Waals surface area contributed by atoms with Gasteiger partial charge in [0.1, 0.15) is 23.9 Å². The lowest BCUT2D eigenvalue weighted by molar-refractivity contribution is -0.150. The van der Waals surface area contributed by atoms with Crippen LogP contribution >= 0.6 is 11.8 Å². The fraction of sp³-hybridized carbons (Fsp3) is 0.433. The van der Waals surface area contributed by atoms with E-state index in [0.717, 1.165) is 23.1 Å². The largest absolute Gasteiger partial charge is 0.508 e. The van der Waals surface area contributed by atoms with Gasteiger partial charge in [0.05, 0.1) is 12.6 Å². The highest BCUT2D eigenvalue weighted by Crippen LogP contribution is 2.13. The van der Waals surface area contributed by atoms with E-state index in [2.05, 4.69) is 16.0 Å². The van der Waals surface area contributed by atoms with E-state index in [9.17, 15) is 34.2 Å². The van der Waals surface area contributed by atoms with E-state index in [1.807, 2.05) is 12.3 Å². The van der Waals surface area contributed by atoms with Crippen molar-refractivity contribution in [2.45, 2.75) is 50.4 Å². The standard InChI is InChI=1S/C29H39N5O7S.CH4O/c1-18(32-27(38)22(30)15-20-9-11-21(35)12-10-20)26(37)31-17-25(36)33-23(16-19-7-5-4-6-8-19)28(39)34(2)24(29(40)41)13-14-42-3;1-2/h4-12,18,22-24,35H,13-17,30H2,1-3H3,(H,31,37)(H,32,38)(H,33,36)(H,40,41);2H,1H3/t18-,22+,23+,24+;/m1./s1. The number of amides is 4. The lowest BCUT2D eigenvalue weighted by Gasteiger charge is -2.29. The number of carboxylic acid groups (broad SMARTS) is 1. The molecule has 0 saturated heterocycles. The molecule has 0 radical (unpaired) electrons. The summed E-state index contributed by atoms with van der Waals surface area (Å²) in [5.74, 6) is -2.96. The van der Waals surface area contributed by atoms with Crippen LogP contribution in [0.1, 0.15) is 24.5 Å². The van der Waals surface area contributed by atoms with Gasteiger partial charge in [0.2, 0.25) is 23.6 Å². The average Bonchev–Trinajstić information content (AvgIpc) is 3.01. The van der Waals surface area contributed by atoms with Gasteiger partial charge in [0.25, 0.3) is 0 Å². The van der Waals surface area contributed by atoms with Crippen molar-refractivity contribution in [3.8, 4) is 5.75 Å². The van der Waals surface area contributed by atoms with Crippen molar-refractivity contribution in [2.75, 3.05) is 32.7 Å². The second kappa shape index (κ2) is 19.9. The maximum absolute atomic E-state index is 13.4. The molecule has 4 amide bonds. The van der Waals surface area contributed by atoms with Gasteiger partial charge in [-0.05, 0) is 55.0 Å². The van der Waals surface area contributed by atoms with E-state index < -0.39 is 60.3 Å². The van der Waals surface area contributed by atoms with E-state index >= 15 is 0 Å². The number of carboxylic acids is 1. The van der Waals surface area contributed by atoms with E-state index in [-0.39, 0.29) is 25.0 Å². The second-order valence-electron chi connectivity index (χ2n) is 9.82. The topological polar surface area (TPSA) is 211 Å². The lowest BCUT2D eigenvalue weighted by atomic mass is 10.0. The summed E-state index contributed by atoms with van der Waals surface area (Å²) in [6.45, 7) is 0.964. The van der Waals surface area contributed by atoms with Gasteiger partial charge in [-0.2, -0.15) is 11.8 Å². The zero-order chi connectivity index (χ0) is 33.2. The van der Waals surface area contributed by atoms with Gasteiger partial charge in [0.15, 0.2) is 0 Å². The Kier molecular flexibility index (Phi) is 17.2. The fourth-order valence-electron chi connectivity index (χ4n) is 4.09. The molecule has 242 valence electrons. The van der Waals surface area contributed by atoms with Crippen molar-refractivity contribution >= 4 is 41.4 Å². The molecule has 2 rings (SSSR count). The minimum absolute atomic E-state index is 0.0875. The van der Waals surface area contributed by atoms with Crippen molar-refractivity contribution in [3.63, 3.8) is 0 Å². The van der Waals surface area contributed by atoms with Crippen molar-refractivity contribution in [1.29, 1.82) is 0 Å². The number of rotatable bonds is 16. The van der Waals surface area contributed by atoms with Gasteiger partial charge in [-0.15, -0.1) is 0 Å². The number of hydrogen-bond donors (Lipinski definition) is 7. The quantitative estimate of drug-likeness (QED) is 0.130. The van der Waals surface area contributed by atoms with Crippen LogP contribution in [0.5, 0.6) is 5.75 Å². The molecule has 44 heavy (non-hydrogen) atoms. The molecule has 0 aliphatic heterocycles. The molecule has 0 aliphatic rings. The Hall–Kier alpha value is -4.14. The van der Waals surface area contributed by atoms with Crippen LogP contribution in [0.15, 0.2) is 54.6 Å². The third-order valence-corrected chi connectivity index (χ3v) is 7.16. The zero-order valence-corrected chi connectivity index (χ0v) is 26.2. The number of likely N-dealkylation sites (N-methyl/N-ethyl adjacent to an activating group) is 1. The minimum Gasteiger partial charge on any atom is -0.508 e. The van der Waals surface area contributed by atoms with Gasteiger partial charge in [-0.1, -0.05) is 42.5 Å².